The predicted octanol–water partition coefficient (Wildman–Crippen LogP) is 4.35. The first kappa shape index (κ1) is 25.4. The number of benzene rings is 1. The number of hydrogen-bond donors (Lipinski definition) is 1. The van der Waals surface area contributed by atoms with E-state index in [-0.39, 0.29) is 17.9 Å². The maximum atomic E-state index is 12.9. The number of nitrogens with one attached hydrogen (secondary N) is 1. The fourth-order valence-corrected chi connectivity index (χ4v) is 5.34. The molecule has 0 spiro atoms. The summed E-state index contributed by atoms with van der Waals surface area (Å²) in [6.07, 6.45) is -0.666. The SMILES string of the molecule is COc1cc(-c2cnc(Nc3cc(CN4CCOCC4)ccn3)s2)cc2c1C(=O)N(CC(F)(F)F)CC2. The van der Waals surface area contributed by atoms with Crippen LogP contribution in [0.1, 0.15) is 21.5 Å². The van der Waals surface area contributed by atoms with Crippen molar-refractivity contribution in [2.24, 2.45) is 0 Å². The number of thiazole rings is 1. The quantitative estimate of drug-likeness (QED) is 0.484. The van der Waals surface area contributed by atoms with Crippen molar-refractivity contribution in [2.45, 2.75) is 19.1 Å². The zero-order chi connectivity index (χ0) is 26.0. The van der Waals surface area contributed by atoms with Crippen LogP contribution in [0.2, 0.25) is 0 Å². The molecule has 1 saturated heterocycles. The van der Waals surface area contributed by atoms with E-state index in [1.165, 1.54) is 18.4 Å². The van der Waals surface area contributed by atoms with Crippen LogP contribution in [0, 0.1) is 0 Å². The number of fused-ring (bicyclic) bond motifs is 1. The van der Waals surface area contributed by atoms with Crippen LogP contribution in [-0.4, -0.2) is 78.4 Å². The summed E-state index contributed by atoms with van der Waals surface area (Å²) in [5, 5.41) is 3.90. The Balaban J connectivity index is 1.32. The van der Waals surface area contributed by atoms with E-state index < -0.39 is 18.6 Å². The van der Waals surface area contributed by atoms with Crippen LogP contribution in [0.25, 0.3) is 10.4 Å². The van der Waals surface area contributed by atoms with Gasteiger partial charge in [0.15, 0.2) is 5.13 Å². The van der Waals surface area contributed by atoms with Gasteiger partial charge in [-0.2, -0.15) is 13.2 Å². The molecule has 196 valence electrons. The molecule has 0 atom stereocenters. The van der Waals surface area contributed by atoms with Crippen molar-refractivity contribution < 1.29 is 27.4 Å². The Morgan fingerprint density at radius 1 is 1.16 bits per heavy atom. The van der Waals surface area contributed by atoms with Crippen molar-refractivity contribution >= 4 is 28.2 Å². The third-order valence-corrected chi connectivity index (χ3v) is 7.25. The van der Waals surface area contributed by atoms with E-state index in [4.69, 9.17) is 9.47 Å². The molecule has 1 aromatic carbocycles. The number of rotatable bonds is 7. The van der Waals surface area contributed by atoms with Gasteiger partial charge in [-0.05, 0) is 47.4 Å². The number of morpholine rings is 1. The van der Waals surface area contributed by atoms with E-state index in [1.54, 1.807) is 18.5 Å². The monoisotopic (exact) mass is 533 g/mol. The minimum Gasteiger partial charge on any atom is -0.496 e. The fourth-order valence-electron chi connectivity index (χ4n) is 4.53. The average Bonchev–Trinajstić information content (AvgIpc) is 3.34. The van der Waals surface area contributed by atoms with E-state index in [0.717, 1.165) is 53.8 Å². The Morgan fingerprint density at radius 2 is 1.97 bits per heavy atom. The van der Waals surface area contributed by atoms with Crippen LogP contribution >= 0.6 is 11.3 Å². The third-order valence-electron chi connectivity index (χ3n) is 6.29. The van der Waals surface area contributed by atoms with Crippen LogP contribution < -0.4 is 10.1 Å². The third kappa shape index (κ3) is 6.03. The first-order valence-electron chi connectivity index (χ1n) is 11.8. The van der Waals surface area contributed by atoms with Gasteiger partial charge in [0.05, 0.1) is 30.8 Å². The van der Waals surface area contributed by atoms with Gasteiger partial charge in [0.25, 0.3) is 5.91 Å². The van der Waals surface area contributed by atoms with Crippen LogP contribution in [0.15, 0.2) is 36.7 Å². The number of amides is 1. The molecule has 0 unspecified atom stereocenters. The highest BCUT2D eigenvalue weighted by Gasteiger charge is 2.37. The molecule has 5 rings (SSSR count). The van der Waals surface area contributed by atoms with Crippen molar-refractivity contribution in [3.05, 3.63) is 53.3 Å². The normalized spacial score (nSPS) is 16.5. The van der Waals surface area contributed by atoms with Gasteiger partial charge in [-0.3, -0.25) is 9.69 Å². The Kier molecular flexibility index (Phi) is 7.31. The van der Waals surface area contributed by atoms with Crippen LogP contribution in [0.4, 0.5) is 24.1 Å². The number of pyridine rings is 1. The highest BCUT2D eigenvalue weighted by Crippen LogP contribution is 2.38. The van der Waals surface area contributed by atoms with Gasteiger partial charge in [0, 0.05) is 38.6 Å². The summed E-state index contributed by atoms with van der Waals surface area (Å²) >= 11 is 1.41. The number of carbonyl (C=O) groups is 1. The number of aromatic nitrogens is 2. The number of nitrogens with zero attached hydrogens (tertiary/aromatic N) is 4. The molecule has 1 fully saturated rings. The lowest BCUT2D eigenvalue weighted by molar-refractivity contribution is -0.141. The van der Waals surface area contributed by atoms with Crippen molar-refractivity contribution in [1.82, 2.24) is 19.8 Å². The summed E-state index contributed by atoms with van der Waals surface area (Å²) in [6, 6.07) is 7.49. The molecule has 4 heterocycles. The second kappa shape index (κ2) is 10.6. The van der Waals surface area contributed by atoms with Gasteiger partial charge in [-0.1, -0.05) is 11.3 Å². The molecule has 1 N–H and O–H groups in total. The van der Waals surface area contributed by atoms with Crippen molar-refractivity contribution in [1.29, 1.82) is 0 Å². The fraction of sp³-hybridized carbons (Fsp3) is 0.400. The second-order valence-corrected chi connectivity index (χ2v) is 9.93. The number of halogens is 3. The van der Waals surface area contributed by atoms with E-state index in [2.05, 4.69) is 20.2 Å². The lowest BCUT2D eigenvalue weighted by atomic mass is 9.95. The molecule has 12 heteroatoms. The maximum absolute atomic E-state index is 12.9. The van der Waals surface area contributed by atoms with Crippen molar-refractivity contribution in [3.63, 3.8) is 0 Å². The van der Waals surface area contributed by atoms with E-state index in [1.807, 2.05) is 18.2 Å². The van der Waals surface area contributed by atoms with Crippen LogP contribution in [0.3, 0.4) is 0 Å². The summed E-state index contributed by atoms with van der Waals surface area (Å²) in [6.45, 7) is 2.82. The lowest BCUT2D eigenvalue weighted by Gasteiger charge is -2.30. The summed E-state index contributed by atoms with van der Waals surface area (Å²) in [5.74, 6) is 0.270. The zero-order valence-corrected chi connectivity index (χ0v) is 21.0. The van der Waals surface area contributed by atoms with Crippen molar-refractivity contribution in [3.8, 4) is 16.2 Å². The summed E-state index contributed by atoms with van der Waals surface area (Å²) in [5.41, 5.74) is 2.77. The standard InChI is InChI=1S/C25H26F3N5O3S/c1-35-19-12-18(11-17-3-5-33(15-25(26,27)28)23(34)22(17)19)20-13-30-24(37-20)31-21-10-16(2-4-29-21)14-32-6-8-36-9-7-32/h2,4,10-13H,3,5-9,14-15H2,1H3,(H,29,30,31). The van der Waals surface area contributed by atoms with Gasteiger partial charge in [-0.15, -0.1) is 0 Å². The number of ether oxygens (including phenoxy) is 2. The topological polar surface area (TPSA) is 79.8 Å². The average molecular weight is 534 g/mol. The Labute approximate surface area is 216 Å². The lowest BCUT2D eigenvalue weighted by Crippen LogP contribution is -2.43. The molecular weight excluding hydrogens is 507 g/mol. The zero-order valence-electron chi connectivity index (χ0n) is 20.2. The number of carbonyl (C=O) groups excluding carboxylic acids is 1. The van der Waals surface area contributed by atoms with Crippen LogP contribution in [0.5, 0.6) is 5.75 Å². The van der Waals surface area contributed by atoms with Gasteiger partial charge < -0.3 is 19.7 Å². The summed E-state index contributed by atoms with van der Waals surface area (Å²) in [7, 11) is 1.41. The molecule has 0 bridgehead atoms. The highest BCUT2D eigenvalue weighted by atomic mass is 32.1. The molecule has 37 heavy (non-hydrogen) atoms. The van der Waals surface area contributed by atoms with E-state index in [9.17, 15) is 18.0 Å². The van der Waals surface area contributed by atoms with E-state index in [0.29, 0.717) is 22.9 Å². The molecule has 2 aliphatic heterocycles. The molecule has 0 saturated carbocycles. The van der Waals surface area contributed by atoms with Crippen molar-refractivity contribution in [2.75, 3.05) is 51.8 Å². The number of anilines is 2. The summed E-state index contributed by atoms with van der Waals surface area (Å²) in [4.78, 5) is 25.7. The molecule has 8 nitrogen and oxygen atoms in total. The molecule has 0 aliphatic carbocycles. The smallest absolute Gasteiger partial charge is 0.406 e. The molecule has 2 aliphatic rings. The van der Waals surface area contributed by atoms with Gasteiger partial charge in [-0.25, -0.2) is 9.97 Å². The minimum atomic E-state index is -4.46. The Bertz CT molecular complexity index is 1260. The molecular formula is C25H26F3N5O3S. The van der Waals surface area contributed by atoms with Crippen LogP contribution in [-0.2, 0) is 17.7 Å². The number of methoxy groups -OCH3 is 1. The first-order valence-corrected chi connectivity index (χ1v) is 12.7. The summed E-state index contributed by atoms with van der Waals surface area (Å²) < 4.78 is 49.5. The van der Waals surface area contributed by atoms with Gasteiger partial charge >= 0.3 is 6.18 Å². The maximum Gasteiger partial charge on any atom is 0.406 e. The second-order valence-electron chi connectivity index (χ2n) is 8.90. The highest BCUT2D eigenvalue weighted by molar-refractivity contribution is 7.18. The molecule has 3 aromatic rings. The minimum absolute atomic E-state index is 0.0000896. The molecule has 2 aromatic heterocycles. The molecule has 0 radical (unpaired) electrons. The Hall–Kier alpha value is -3.22. The first-order chi connectivity index (χ1) is 17.8. The number of alkyl halides is 3. The Morgan fingerprint density at radius 3 is 2.73 bits per heavy atom. The predicted molar refractivity (Wildman–Crippen MR) is 133 cm³/mol. The van der Waals surface area contributed by atoms with Gasteiger partial charge in [0.1, 0.15) is 18.1 Å². The van der Waals surface area contributed by atoms with E-state index >= 15 is 0 Å². The van der Waals surface area contributed by atoms with Gasteiger partial charge in [0.2, 0.25) is 0 Å². The largest absolute Gasteiger partial charge is 0.496 e. The molecule has 1 amide bonds. The number of hydrogen-bond acceptors (Lipinski definition) is 8.